The van der Waals surface area contributed by atoms with Gasteiger partial charge in [-0.05, 0) is 57.8 Å². The minimum atomic E-state index is -0.727. The predicted molar refractivity (Wildman–Crippen MR) is 89.1 cm³/mol. The fraction of sp³-hybridized carbons (Fsp3) is 0.333. The Labute approximate surface area is 145 Å². The summed E-state index contributed by atoms with van der Waals surface area (Å²) in [4.78, 5) is 24.6. The molecular weight excluding hydrogens is 420 g/mol. The van der Waals surface area contributed by atoms with Crippen molar-refractivity contribution in [3.05, 3.63) is 38.5 Å². The van der Waals surface area contributed by atoms with Crippen molar-refractivity contribution in [1.82, 2.24) is 0 Å². The SMILES string of the molecule is CCO/C=C(\C(=O)OCC)C(=O)c1ccc(Br)c(OC)c1Br. The molecule has 0 spiro atoms. The Kier molecular flexibility index (Phi) is 7.61. The fourth-order valence-corrected chi connectivity index (χ4v) is 3.06. The standard InChI is InChI=1S/C15H16Br2O5/c1-4-21-8-10(15(19)22-5-2)13(18)9-6-7-11(16)14(20-3)12(9)17/h6-8H,4-5H2,1-3H3/b10-8-. The van der Waals surface area contributed by atoms with Crippen molar-refractivity contribution in [3.8, 4) is 5.75 Å². The molecule has 0 aromatic heterocycles. The van der Waals surface area contributed by atoms with Crippen molar-refractivity contribution in [3.63, 3.8) is 0 Å². The van der Waals surface area contributed by atoms with E-state index in [4.69, 9.17) is 14.2 Å². The molecular formula is C15H16Br2O5. The Bertz CT molecular complexity index is 596. The lowest BCUT2D eigenvalue weighted by molar-refractivity contribution is -0.138. The molecule has 0 saturated carbocycles. The highest BCUT2D eigenvalue weighted by molar-refractivity contribution is 9.11. The molecule has 0 aliphatic heterocycles. The Hall–Kier alpha value is -1.34. The topological polar surface area (TPSA) is 61.8 Å². The molecule has 0 bridgehead atoms. The zero-order valence-corrected chi connectivity index (χ0v) is 15.6. The van der Waals surface area contributed by atoms with E-state index in [2.05, 4.69) is 31.9 Å². The van der Waals surface area contributed by atoms with Crippen LogP contribution in [-0.2, 0) is 14.3 Å². The lowest BCUT2D eigenvalue weighted by atomic mass is 10.0. The van der Waals surface area contributed by atoms with E-state index in [0.717, 1.165) is 6.26 Å². The average Bonchev–Trinajstić information content (AvgIpc) is 2.48. The summed E-state index contributed by atoms with van der Waals surface area (Å²) >= 11 is 6.65. The van der Waals surface area contributed by atoms with Crippen LogP contribution in [0.3, 0.4) is 0 Å². The van der Waals surface area contributed by atoms with Gasteiger partial charge in [-0.3, -0.25) is 4.79 Å². The number of ether oxygens (including phenoxy) is 3. The first kappa shape index (κ1) is 18.7. The third kappa shape index (κ3) is 4.33. The number of Topliss-reactive ketones (excluding diaryl/α,β-unsaturated/α-hetero) is 1. The highest BCUT2D eigenvalue weighted by Gasteiger charge is 2.25. The second-order valence-electron chi connectivity index (χ2n) is 3.98. The van der Waals surface area contributed by atoms with Gasteiger partial charge in [0.1, 0.15) is 17.6 Å². The molecule has 1 rings (SSSR count). The van der Waals surface area contributed by atoms with E-state index in [-0.39, 0.29) is 17.7 Å². The van der Waals surface area contributed by atoms with Crippen LogP contribution in [0.2, 0.25) is 0 Å². The normalized spacial score (nSPS) is 11.0. The zero-order valence-electron chi connectivity index (χ0n) is 12.4. The number of hydrogen-bond acceptors (Lipinski definition) is 5. The van der Waals surface area contributed by atoms with E-state index in [1.54, 1.807) is 26.0 Å². The van der Waals surface area contributed by atoms with Crippen LogP contribution >= 0.6 is 31.9 Å². The molecule has 0 unspecified atom stereocenters. The van der Waals surface area contributed by atoms with Gasteiger partial charge < -0.3 is 14.2 Å². The molecule has 22 heavy (non-hydrogen) atoms. The summed E-state index contributed by atoms with van der Waals surface area (Å²) in [5.41, 5.74) is 0.104. The van der Waals surface area contributed by atoms with Crippen LogP contribution in [0, 0.1) is 0 Å². The highest BCUT2D eigenvalue weighted by atomic mass is 79.9. The van der Waals surface area contributed by atoms with Gasteiger partial charge in [0, 0.05) is 5.56 Å². The van der Waals surface area contributed by atoms with Crippen molar-refractivity contribution in [1.29, 1.82) is 0 Å². The zero-order chi connectivity index (χ0) is 16.7. The molecule has 0 radical (unpaired) electrons. The molecule has 0 N–H and O–H groups in total. The van der Waals surface area contributed by atoms with E-state index in [1.165, 1.54) is 7.11 Å². The van der Waals surface area contributed by atoms with Crippen molar-refractivity contribution in [2.45, 2.75) is 13.8 Å². The first-order valence-electron chi connectivity index (χ1n) is 6.53. The molecule has 0 aliphatic carbocycles. The third-order valence-electron chi connectivity index (χ3n) is 2.61. The van der Waals surface area contributed by atoms with Crippen LogP contribution < -0.4 is 4.74 Å². The summed E-state index contributed by atoms with van der Waals surface area (Å²) in [6, 6.07) is 3.25. The fourth-order valence-electron chi connectivity index (χ4n) is 1.61. The van der Waals surface area contributed by atoms with Crippen LogP contribution in [0.4, 0.5) is 0 Å². The second kappa shape index (κ2) is 8.95. The predicted octanol–water partition coefficient (Wildman–Crippen LogP) is 3.89. The van der Waals surface area contributed by atoms with Gasteiger partial charge in [-0.2, -0.15) is 0 Å². The second-order valence-corrected chi connectivity index (χ2v) is 5.63. The molecule has 120 valence electrons. The van der Waals surface area contributed by atoms with Gasteiger partial charge in [-0.15, -0.1) is 0 Å². The number of carbonyl (C=O) groups excluding carboxylic acids is 2. The lowest BCUT2D eigenvalue weighted by Crippen LogP contribution is -2.17. The summed E-state index contributed by atoms with van der Waals surface area (Å²) in [7, 11) is 1.49. The van der Waals surface area contributed by atoms with E-state index in [9.17, 15) is 9.59 Å². The van der Waals surface area contributed by atoms with Crippen LogP contribution in [0.25, 0.3) is 0 Å². The number of hydrogen-bond donors (Lipinski definition) is 0. The number of ketones is 1. The Morgan fingerprint density at radius 1 is 1.18 bits per heavy atom. The minimum Gasteiger partial charge on any atom is -0.500 e. The van der Waals surface area contributed by atoms with Crippen LogP contribution in [0.5, 0.6) is 5.75 Å². The van der Waals surface area contributed by atoms with Gasteiger partial charge in [-0.25, -0.2) is 4.79 Å². The Balaban J connectivity index is 3.28. The monoisotopic (exact) mass is 434 g/mol. The molecule has 0 saturated heterocycles. The van der Waals surface area contributed by atoms with Crippen molar-refractivity contribution in [2.24, 2.45) is 0 Å². The van der Waals surface area contributed by atoms with Crippen molar-refractivity contribution < 1.29 is 23.8 Å². The average molecular weight is 436 g/mol. The van der Waals surface area contributed by atoms with Gasteiger partial charge in [0.15, 0.2) is 0 Å². The summed E-state index contributed by atoms with van der Waals surface area (Å²) in [6.07, 6.45) is 1.13. The van der Waals surface area contributed by atoms with Gasteiger partial charge in [0.05, 0.1) is 29.3 Å². The first-order chi connectivity index (χ1) is 10.5. The Morgan fingerprint density at radius 2 is 1.86 bits per heavy atom. The molecule has 0 amide bonds. The maximum Gasteiger partial charge on any atom is 0.345 e. The molecule has 0 fully saturated rings. The number of carbonyl (C=O) groups is 2. The molecule has 7 heteroatoms. The summed E-state index contributed by atoms with van der Waals surface area (Å²) in [5.74, 6) is -0.773. The van der Waals surface area contributed by atoms with Crippen LogP contribution in [-0.4, -0.2) is 32.1 Å². The third-order valence-corrected chi connectivity index (χ3v) is 4.02. The maximum absolute atomic E-state index is 12.6. The van der Waals surface area contributed by atoms with E-state index >= 15 is 0 Å². The molecule has 0 aliphatic rings. The number of halogens is 2. The maximum atomic E-state index is 12.6. The van der Waals surface area contributed by atoms with Crippen molar-refractivity contribution in [2.75, 3.05) is 20.3 Å². The van der Waals surface area contributed by atoms with Gasteiger partial charge in [0.25, 0.3) is 0 Å². The molecule has 1 aromatic rings. The van der Waals surface area contributed by atoms with Gasteiger partial charge in [0.2, 0.25) is 5.78 Å². The molecule has 5 nitrogen and oxygen atoms in total. The quantitative estimate of drug-likeness (QED) is 0.162. The van der Waals surface area contributed by atoms with Gasteiger partial charge in [-0.1, -0.05) is 0 Å². The smallest absolute Gasteiger partial charge is 0.345 e. The molecule has 1 aromatic carbocycles. The summed E-state index contributed by atoms with van der Waals surface area (Å²) < 4.78 is 16.3. The first-order valence-corrected chi connectivity index (χ1v) is 8.12. The highest BCUT2D eigenvalue weighted by Crippen LogP contribution is 2.36. The Morgan fingerprint density at radius 3 is 2.41 bits per heavy atom. The van der Waals surface area contributed by atoms with Crippen LogP contribution in [0.1, 0.15) is 24.2 Å². The van der Waals surface area contributed by atoms with E-state index < -0.39 is 11.8 Å². The molecule has 0 atom stereocenters. The van der Waals surface area contributed by atoms with Crippen molar-refractivity contribution >= 4 is 43.6 Å². The number of benzene rings is 1. The minimum absolute atomic E-state index is 0.167. The van der Waals surface area contributed by atoms with Gasteiger partial charge >= 0.3 is 5.97 Å². The number of esters is 1. The largest absolute Gasteiger partial charge is 0.500 e. The van der Waals surface area contributed by atoms with Crippen LogP contribution in [0.15, 0.2) is 32.9 Å². The summed E-state index contributed by atoms with van der Waals surface area (Å²) in [5, 5.41) is 0. The summed E-state index contributed by atoms with van der Waals surface area (Å²) in [6.45, 7) is 3.92. The molecule has 0 heterocycles. The van der Waals surface area contributed by atoms with E-state index in [1.807, 2.05) is 0 Å². The number of rotatable bonds is 7. The van der Waals surface area contributed by atoms with E-state index in [0.29, 0.717) is 21.3 Å². The lowest BCUT2D eigenvalue weighted by Gasteiger charge is -2.11. The number of methoxy groups -OCH3 is 1.